The van der Waals surface area contributed by atoms with Crippen molar-refractivity contribution in [1.82, 2.24) is 9.97 Å². The first-order valence-corrected chi connectivity index (χ1v) is 6.39. The van der Waals surface area contributed by atoms with Gasteiger partial charge in [-0.25, -0.2) is 9.97 Å². The lowest BCUT2D eigenvalue weighted by atomic mass is 10.0. The zero-order chi connectivity index (χ0) is 13.2. The van der Waals surface area contributed by atoms with Crippen LogP contribution in [0.15, 0.2) is 48.5 Å². The summed E-state index contributed by atoms with van der Waals surface area (Å²) in [5, 5.41) is 2.39. The maximum Gasteiger partial charge on any atom is 0.131 e. The normalized spacial score (nSPS) is 10.8. The Morgan fingerprint density at radius 2 is 1.79 bits per heavy atom. The van der Waals surface area contributed by atoms with E-state index in [-0.39, 0.29) is 0 Å². The van der Waals surface area contributed by atoms with E-state index in [0.29, 0.717) is 5.82 Å². The number of hydrogen-bond donors (Lipinski definition) is 1. The Labute approximate surface area is 112 Å². The Hall–Kier alpha value is -2.42. The van der Waals surface area contributed by atoms with Crippen molar-refractivity contribution >= 4 is 16.6 Å². The van der Waals surface area contributed by atoms with Gasteiger partial charge in [0.2, 0.25) is 0 Å². The molecule has 0 atom stereocenters. The highest BCUT2D eigenvalue weighted by molar-refractivity contribution is 5.95. The standard InChI is InChI=1S/C16H15N3/c1-2-16-18-14(10-15(17)19-16)13-9-5-7-11-6-3-4-8-12(11)13/h3-10H,2H2,1H3,(H2,17,18,19). The van der Waals surface area contributed by atoms with E-state index in [2.05, 4.69) is 34.2 Å². The van der Waals surface area contributed by atoms with Gasteiger partial charge in [0, 0.05) is 18.1 Å². The second kappa shape index (κ2) is 4.69. The Morgan fingerprint density at radius 3 is 2.63 bits per heavy atom. The Kier molecular flexibility index (Phi) is 2.88. The van der Waals surface area contributed by atoms with E-state index in [4.69, 9.17) is 5.73 Å². The molecule has 3 heteroatoms. The minimum absolute atomic E-state index is 0.523. The van der Waals surface area contributed by atoms with Crippen molar-refractivity contribution in [3.8, 4) is 11.3 Å². The number of fused-ring (bicyclic) bond motifs is 1. The molecule has 0 bridgehead atoms. The van der Waals surface area contributed by atoms with Crippen LogP contribution in [0.4, 0.5) is 5.82 Å². The first kappa shape index (κ1) is 11.7. The average Bonchev–Trinajstić information content (AvgIpc) is 2.46. The van der Waals surface area contributed by atoms with E-state index < -0.39 is 0 Å². The number of rotatable bonds is 2. The van der Waals surface area contributed by atoms with E-state index in [1.54, 1.807) is 0 Å². The average molecular weight is 249 g/mol. The van der Waals surface area contributed by atoms with Crippen LogP contribution in [0.25, 0.3) is 22.0 Å². The Bertz CT molecular complexity index is 730. The summed E-state index contributed by atoms with van der Waals surface area (Å²) in [5.41, 5.74) is 7.85. The molecule has 94 valence electrons. The van der Waals surface area contributed by atoms with Gasteiger partial charge in [0.15, 0.2) is 0 Å². The molecule has 2 aromatic carbocycles. The summed E-state index contributed by atoms with van der Waals surface area (Å²) in [6, 6.07) is 16.3. The first-order chi connectivity index (χ1) is 9.28. The lowest BCUT2D eigenvalue weighted by molar-refractivity contribution is 0.949. The molecule has 2 N–H and O–H groups in total. The fourth-order valence-corrected chi connectivity index (χ4v) is 2.26. The highest BCUT2D eigenvalue weighted by atomic mass is 14.9. The minimum Gasteiger partial charge on any atom is -0.384 e. The molecular formula is C16H15N3. The number of benzene rings is 2. The fraction of sp³-hybridized carbons (Fsp3) is 0.125. The number of nitrogens with zero attached hydrogens (tertiary/aromatic N) is 2. The topological polar surface area (TPSA) is 51.8 Å². The molecular weight excluding hydrogens is 234 g/mol. The summed E-state index contributed by atoms with van der Waals surface area (Å²) in [7, 11) is 0. The van der Waals surface area contributed by atoms with Crippen LogP contribution < -0.4 is 5.73 Å². The van der Waals surface area contributed by atoms with Crippen LogP contribution >= 0.6 is 0 Å². The van der Waals surface area contributed by atoms with Crippen LogP contribution in [-0.4, -0.2) is 9.97 Å². The van der Waals surface area contributed by atoms with Gasteiger partial charge in [-0.2, -0.15) is 0 Å². The van der Waals surface area contributed by atoms with Gasteiger partial charge in [0.1, 0.15) is 11.6 Å². The summed E-state index contributed by atoms with van der Waals surface area (Å²) in [4.78, 5) is 8.81. The van der Waals surface area contributed by atoms with Gasteiger partial charge in [0.05, 0.1) is 5.69 Å². The molecule has 0 spiro atoms. The second-order valence-corrected chi connectivity index (χ2v) is 4.47. The highest BCUT2D eigenvalue weighted by Crippen LogP contribution is 2.27. The number of aryl methyl sites for hydroxylation is 1. The molecule has 0 aliphatic rings. The third-order valence-electron chi connectivity index (χ3n) is 3.17. The molecule has 3 aromatic rings. The van der Waals surface area contributed by atoms with Crippen molar-refractivity contribution in [2.24, 2.45) is 0 Å². The molecule has 0 aliphatic carbocycles. The van der Waals surface area contributed by atoms with Crippen LogP contribution in [0.5, 0.6) is 0 Å². The third kappa shape index (κ3) is 2.15. The van der Waals surface area contributed by atoms with Crippen molar-refractivity contribution in [2.75, 3.05) is 5.73 Å². The van der Waals surface area contributed by atoms with Gasteiger partial charge < -0.3 is 5.73 Å². The van der Waals surface area contributed by atoms with E-state index in [9.17, 15) is 0 Å². The second-order valence-electron chi connectivity index (χ2n) is 4.47. The Morgan fingerprint density at radius 1 is 1.00 bits per heavy atom. The van der Waals surface area contributed by atoms with Gasteiger partial charge in [0.25, 0.3) is 0 Å². The summed E-state index contributed by atoms with van der Waals surface area (Å²) < 4.78 is 0. The smallest absolute Gasteiger partial charge is 0.131 e. The maximum absolute atomic E-state index is 5.87. The predicted octanol–water partition coefficient (Wildman–Crippen LogP) is 3.44. The molecule has 1 heterocycles. The quantitative estimate of drug-likeness (QED) is 0.757. The number of hydrogen-bond acceptors (Lipinski definition) is 3. The number of nitrogen functional groups attached to an aromatic ring is 1. The van der Waals surface area contributed by atoms with Gasteiger partial charge in [-0.3, -0.25) is 0 Å². The van der Waals surface area contributed by atoms with E-state index in [1.807, 2.05) is 31.2 Å². The first-order valence-electron chi connectivity index (χ1n) is 6.39. The molecule has 3 rings (SSSR count). The molecule has 19 heavy (non-hydrogen) atoms. The number of nitrogens with two attached hydrogens (primary N) is 1. The SMILES string of the molecule is CCc1nc(N)cc(-c2cccc3ccccc23)n1. The van der Waals surface area contributed by atoms with Crippen LogP contribution in [0.1, 0.15) is 12.7 Å². The fourth-order valence-electron chi connectivity index (χ4n) is 2.26. The summed E-state index contributed by atoms with van der Waals surface area (Å²) in [5.74, 6) is 1.30. The van der Waals surface area contributed by atoms with Crippen LogP contribution in [0, 0.1) is 0 Å². The van der Waals surface area contributed by atoms with Crippen molar-refractivity contribution in [3.63, 3.8) is 0 Å². The van der Waals surface area contributed by atoms with Crippen LogP contribution in [-0.2, 0) is 6.42 Å². The molecule has 0 aliphatic heterocycles. The lowest BCUT2D eigenvalue weighted by Crippen LogP contribution is -2.00. The lowest BCUT2D eigenvalue weighted by Gasteiger charge is -2.08. The predicted molar refractivity (Wildman–Crippen MR) is 78.8 cm³/mol. The van der Waals surface area contributed by atoms with Crippen LogP contribution in [0.3, 0.4) is 0 Å². The zero-order valence-corrected chi connectivity index (χ0v) is 10.8. The Balaban J connectivity index is 2.27. The summed E-state index contributed by atoms with van der Waals surface area (Å²) in [6.45, 7) is 2.03. The molecule has 0 saturated carbocycles. The van der Waals surface area contributed by atoms with Crippen molar-refractivity contribution in [1.29, 1.82) is 0 Å². The molecule has 0 saturated heterocycles. The molecule has 3 nitrogen and oxygen atoms in total. The molecule has 0 fully saturated rings. The van der Waals surface area contributed by atoms with Crippen LogP contribution in [0.2, 0.25) is 0 Å². The summed E-state index contributed by atoms with van der Waals surface area (Å²) in [6.07, 6.45) is 0.781. The molecule has 1 aromatic heterocycles. The van der Waals surface area contributed by atoms with Crippen molar-refractivity contribution in [2.45, 2.75) is 13.3 Å². The van der Waals surface area contributed by atoms with Crippen molar-refractivity contribution in [3.05, 3.63) is 54.4 Å². The molecule has 0 unspecified atom stereocenters. The monoisotopic (exact) mass is 249 g/mol. The van der Waals surface area contributed by atoms with Gasteiger partial charge in [-0.15, -0.1) is 0 Å². The molecule has 0 amide bonds. The third-order valence-corrected chi connectivity index (χ3v) is 3.17. The summed E-state index contributed by atoms with van der Waals surface area (Å²) >= 11 is 0. The van der Waals surface area contributed by atoms with Gasteiger partial charge in [-0.1, -0.05) is 49.4 Å². The highest BCUT2D eigenvalue weighted by Gasteiger charge is 2.07. The zero-order valence-electron chi connectivity index (χ0n) is 10.8. The van der Waals surface area contributed by atoms with Crippen molar-refractivity contribution < 1.29 is 0 Å². The minimum atomic E-state index is 0.523. The van der Waals surface area contributed by atoms with E-state index in [1.165, 1.54) is 10.8 Å². The van der Waals surface area contributed by atoms with E-state index >= 15 is 0 Å². The van der Waals surface area contributed by atoms with Gasteiger partial charge in [-0.05, 0) is 10.8 Å². The largest absolute Gasteiger partial charge is 0.384 e. The van der Waals surface area contributed by atoms with E-state index in [0.717, 1.165) is 23.5 Å². The maximum atomic E-state index is 5.87. The molecule has 0 radical (unpaired) electrons. The van der Waals surface area contributed by atoms with Gasteiger partial charge >= 0.3 is 0 Å². The number of aromatic nitrogens is 2. The number of anilines is 1.